The number of aryl methyl sites for hydroxylation is 1. The number of hydrogen-bond acceptors (Lipinski definition) is 2. The van der Waals surface area contributed by atoms with Crippen molar-refractivity contribution in [3.05, 3.63) is 22.4 Å². The lowest BCUT2D eigenvalue weighted by atomic mass is 9.79. The SMILES string of the molecule is CCCCC1CCC(C(=O)Nc2ccc(Br)nc2C)CC1. The molecular formula is C17H25BrN2O. The van der Waals surface area contributed by atoms with Gasteiger partial charge in [0.05, 0.1) is 11.4 Å². The lowest BCUT2D eigenvalue weighted by molar-refractivity contribution is -0.121. The van der Waals surface area contributed by atoms with Gasteiger partial charge >= 0.3 is 0 Å². The number of carbonyl (C=O) groups is 1. The van der Waals surface area contributed by atoms with Crippen LogP contribution in [0.4, 0.5) is 5.69 Å². The van der Waals surface area contributed by atoms with Gasteiger partial charge in [0.1, 0.15) is 4.60 Å². The number of nitrogens with zero attached hydrogens (tertiary/aromatic N) is 1. The Morgan fingerprint density at radius 2 is 2.05 bits per heavy atom. The van der Waals surface area contributed by atoms with Crippen molar-refractivity contribution >= 4 is 27.5 Å². The Morgan fingerprint density at radius 1 is 1.33 bits per heavy atom. The number of halogens is 1. The molecule has 0 atom stereocenters. The van der Waals surface area contributed by atoms with Gasteiger partial charge in [-0.2, -0.15) is 0 Å². The van der Waals surface area contributed by atoms with E-state index in [1.165, 1.54) is 32.1 Å². The maximum Gasteiger partial charge on any atom is 0.227 e. The molecular weight excluding hydrogens is 328 g/mol. The van der Waals surface area contributed by atoms with Crippen molar-refractivity contribution in [2.75, 3.05) is 5.32 Å². The molecule has 116 valence electrons. The second-order valence-electron chi connectivity index (χ2n) is 6.12. The molecule has 3 nitrogen and oxygen atoms in total. The molecule has 0 aliphatic heterocycles. The normalized spacial score (nSPS) is 22.0. The van der Waals surface area contributed by atoms with Gasteiger partial charge in [0, 0.05) is 5.92 Å². The van der Waals surface area contributed by atoms with E-state index >= 15 is 0 Å². The van der Waals surface area contributed by atoms with Crippen molar-refractivity contribution in [2.45, 2.75) is 58.8 Å². The van der Waals surface area contributed by atoms with Gasteiger partial charge in [-0.15, -0.1) is 0 Å². The number of rotatable bonds is 5. The molecule has 0 aromatic carbocycles. The van der Waals surface area contributed by atoms with E-state index in [-0.39, 0.29) is 11.8 Å². The molecule has 1 aliphatic rings. The molecule has 1 amide bonds. The number of anilines is 1. The topological polar surface area (TPSA) is 42.0 Å². The lowest BCUT2D eigenvalue weighted by Crippen LogP contribution is -2.27. The molecule has 1 N–H and O–H groups in total. The predicted molar refractivity (Wildman–Crippen MR) is 90.3 cm³/mol. The van der Waals surface area contributed by atoms with Crippen LogP contribution in [0.5, 0.6) is 0 Å². The number of unbranched alkanes of at least 4 members (excludes halogenated alkanes) is 1. The van der Waals surface area contributed by atoms with Gasteiger partial charge in [0.25, 0.3) is 0 Å². The van der Waals surface area contributed by atoms with Crippen molar-refractivity contribution in [2.24, 2.45) is 11.8 Å². The summed E-state index contributed by atoms with van der Waals surface area (Å²) >= 11 is 3.34. The Bertz CT molecular complexity index is 482. The number of nitrogens with one attached hydrogen (secondary N) is 1. The van der Waals surface area contributed by atoms with Crippen LogP contribution >= 0.6 is 15.9 Å². The van der Waals surface area contributed by atoms with E-state index in [1.54, 1.807) is 0 Å². The molecule has 21 heavy (non-hydrogen) atoms. The van der Waals surface area contributed by atoms with Crippen LogP contribution in [0.3, 0.4) is 0 Å². The summed E-state index contributed by atoms with van der Waals surface area (Å²) in [5, 5.41) is 3.04. The first-order valence-electron chi connectivity index (χ1n) is 8.04. The molecule has 1 saturated carbocycles. The van der Waals surface area contributed by atoms with Gasteiger partial charge in [0.2, 0.25) is 5.91 Å². The molecule has 1 aliphatic carbocycles. The Morgan fingerprint density at radius 3 is 2.67 bits per heavy atom. The fourth-order valence-electron chi connectivity index (χ4n) is 3.10. The van der Waals surface area contributed by atoms with E-state index in [1.807, 2.05) is 19.1 Å². The van der Waals surface area contributed by atoms with Gasteiger partial charge in [-0.3, -0.25) is 4.79 Å². The molecule has 0 bridgehead atoms. The monoisotopic (exact) mass is 352 g/mol. The molecule has 0 saturated heterocycles. The van der Waals surface area contributed by atoms with Gasteiger partial charge in [0.15, 0.2) is 0 Å². The standard InChI is InChI=1S/C17H25BrN2O/c1-3-4-5-13-6-8-14(9-7-13)17(21)20-15-10-11-16(18)19-12(15)2/h10-11,13-14H,3-9H2,1-2H3,(H,20,21). The Hall–Kier alpha value is -0.900. The maximum absolute atomic E-state index is 12.4. The van der Waals surface area contributed by atoms with Crippen LogP contribution < -0.4 is 5.32 Å². The summed E-state index contributed by atoms with van der Waals surface area (Å²) in [4.78, 5) is 16.7. The number of aromatic nitrogens is 1. The second-order valence-corrected chi connectivity index (χ2v) is 6.93. The zero-order valence-corrected chi connectivity index (χ0v) is 14.6. The van der Waals surface area contributed by atoms with E-state index in [9.17, 15) is 4.79 Å². The number of hydrogen-bond donors (Lipinski definition) is 1. The summed E-state index contributed by atoms with van der Waals surface area (Å²) < 4.78 is 0.800. The first kappa shape index (κ1) is 16.5. The fourth-order valence-corrected chi connectivity index (χ4v) is 3.50. The molecule has 1 aromatic rings. The summed E-state index contributed by atoms with van der Waals surface area (Å²) in [7, 11) is 0. The van der Waals surface area contributed by atoms with E-state index in [4.69, 9.17) is 0 Å². The Balaban J connectivity index is 1.84. The van der Waals surface area contributed by atoms with Crippen molar-refractivity contribution in [3.8, 4) is 0 Å². The van der Waals surface area contributed by atoms with Crippen LogP contribution in [-0.4, -0.2) is 10.9 Å². The number of pyridine rings is 1. The van der Waals surface area contributed by atoms with Crippen LogP contribution in [0.25, 0.3) is 0 Å². The molecule has 1 aromatic heterocycles. The fraction of sp³-hybridized carbons (Fsp3) is 0.647. The third-order valence-corrected chi connectivity index (χ3v) is 4.93. The Labute approximate surface area is 136 Å². The Kier molecular flexibility index (Phi) is 6.22. The zero-order valence-electron chi connectivity index (χ0n) is 13.0. The quantitative estimate of drug-likeness (QED) is 0.750. The summed E-state index contributed by atoms with van der Waals surface area (Å²) in [5.41, 5.74) is 1.69. The molecule has 1 fully saturated rings. The molecule has 0 radical (unpaired) electrons. The van der Waals surface area contributed by atoms with Gasteiger partial charge < -0.3 is 5.32 Å². The summed E-state index contributed by atoms with van der Waals surface area (Å²) in [6.07, 6.45) is 8.40. The molecule has 2 rings (SSSR count). The van der Waals surface area contributed by atoms with E-state index in [0.29, 0.717) is 0 Å². The molecule has 4 heteroatoms. The van der Waals surface area contributed by atoms with Gasteiger partial charge in [-0.1, -0.05) is 26.2 Å². The highest BCUT2D eigenvalue weighted by molar-refractivity contribution is 9.10. The lowest BCUT2D eigenvalue weighted by Gasteiger charge is -2.27. The number of amides is 1. The average Bonchev–Trinajstić information content (AvgIpc) is 2.48. The zero-order chi connectivity index (χ0) is 15.2. The highest BCUT2D eigenvalue weighted by Gasteiger charge is 2.26. The van der Waals surface area contributed by atoms with Gasteiger partial charge in [-0.25, -0.2) is 4.98 Å². The highest BCUT2D eigenvalue weighted by Crippen LogP contribution is 2.32. The predicted octanol–water partition coefficient (Wildman–Crippen LogP) is 5.09. The minimum Gasteiger partial charge on any atom is -0.324 e. The first-order valence-corrected chi connectivity index (χ1v) is 8.83. The van der Waals surface area contributed by atoms with Crippen molar-refractivity contribution in [3.63, 3.8) is 0 Å². The smallest absolute Gasteiger partial charge is 0.227 e. The van der Waals surface area contributed by atoms with Crippen molar-refractivity contribution in [1.29, 1.82) is 0 Å². The molecule has 0 unspecified atom stereocenters. The largest absolute Gasteiger partial charge is 0.324 e. The van der Waals surface area contributed by atoms with Crippen molar-refractivity contribution in [1.82, 2.24) is 4.98 Å². The van der Waals surface area contributed by atoms with Crippen LogP contribution in [0.1, 0.15) is 57.6 Å². The summed E-state index contributed by atoms with van der Waals surface area (Å²) in [6, 6.07) is 3.78. The van der Waals surface area contributed by atoms with Crippen LogP contribution in [0, 0.1) is 18.8 Å². The average molecular weight is 353 g/mol. The summed E-state index contributed by atoms with van der Waals surface area (Å²) in [5.74, 6) is 1.17. The summed E-state index contributed by atoms with van der Waals surface area (Å²) in [6.45, 7) is 4.16. The van der Waals surface area contributed by atoms with Crippen LogP contribution in [0.15, 0.2) is 16.7 Å². The molecule has 0 spiro atoms. The maximum atomic E-state index is 12.4. The third-order valence-electron chi connectivity index (χ3n) is 4.49. The third kappa shape index (κ3) is 4.80. The highest BCUT2D eigenvalue weighted by atomic mass is 79.9. The molecule has 1 heterocycles. The van der Waals surface area contributed by atoms with E-state index < -0.39 is 0 Å². The minimum atomic E-state index is 0.163. The van der Waals surface area contributed by atoms with Crippen molar-refractivity contribution < 1.29 is 4.79 Å². The van der Waals surface area contributed by atoms with E-state index in [0.717, 1.165) is 34.7 Å². The van der Waals surface area contributed by atoms with Crippen LogP contribution in [0.2, 0.25) is 0 Å². The first-order chi connectivity index (χ1) is 10.1. The number of carbonyl (C=O) groups excluding carboxylic acids is 1. The second kappa shape index (κ2) is 7.92. The van der Waals surface area contributed by atoms with Crippen LogP contribution in [-0.2, 0) is 4.79 Å². The minimum absolute atomic E-state index is 0.163. The van der Waals surface area contributed by atoms with Gasteiger partial charge in [-0.05, 0) is 66.6 Å². The van der Waals surface area contributed by atoms with E-state index in [2.05, 4.69) is 33.2 Å².